The number of benzene rings is 1. The first-order valence-electron chi connectivity index (χ1n) is 4.43. The molecule has 0 atom stereocenters. The van der Waals surface area contributed by atoms with Gasteiger partial charge in [0, 0.05) is 31.4 Å². The maximum atomic E-state index is 9.39. The second-order valence-electron chi connectivity index (χ2n) is 3.43. The Morgan fingerprint density at radius 1 is 1.21 bits per heavy atom. The monoisotopic (exact) mass is 188 g/mol. The Balaban J connectivity index is 2.77. The predicted octanol–water partition coefficient (Wildman–Crippen LogP) is 2.01. The van der Waals surface area contributed by atoms with Gasteiger partial charge in [-0.15, -0.1) is 0 Å². The average molecular weight is 188 g/mol. The van der Waals surface area contributed by atoms with Crippen LogP contribution in [0.1, 0.15) is 0 Å². The summed E-state index contributed by atoms with van der Waals surface area (Å²) in [4.78, 5) is 6.23. The average Bonchev–Trinajstić information content (AvgIpc) is 2.16. The Hall–Kier alpha value is -1.77. The Bertz CT molecular complexity index is 466. The number of aromatic hydroxyl groups is 1. The predicted molar refractivity (Wildman–Crippen MR) is 57.7 cm³/mol. The van der Waals surface area contributed by atoms with Crippen LogP contribution in [0.4, 0.5) is 5.69 Å². The fourth-order valence-corrected chi connectivity index (χ4v) is 1.51. The lowest BCUT2D eigenvalue weighted by molar-refractivity contribution is 0.476. The number of phenolic OH excluding ortho intramolecular Hbond substituents is 1. The Labute approximate surface area is 82.6 Å². The molecule has 14 heavy (non-hydrogen) atoms. The second kappa shape index (κ2) is 3.18. The van der Waals surface area contributed by atoms with E-state index < -0.39 is 0 Å². The van der Waals surface area contributed by atoms with Gasteiger partial charge in [-0.3, -0.25) is 4.98 Å². The molecule has 0 amide bonds. The van der Waals surface area contributed by atoms with E-state index in [1.165, 1.54) is 0 Å². The fraction of sp³-hybridized carbons (Fsp3) is 0.182. The van der Waals surface area contributed by atoms with E-state index in [0.29, 0.717) is 0 Å². The summed E-state index contributed by atoms with van der Waals surface area (Å²) in [6.07, 6.45) is 1.77. The van der Waals surface area contributed by atoms with Crippen LogP contribution < -0.4 is 4.90 Å². The van der Waals surface area contributed by atoms with Crippen molar-refractivity contribution in [3.63, 3.8) is 0 Å². The highest BCUT2D eigenvalue weighted by molar-refractivity contribution is 5.92. The standard InChI is InChI=1S/C11H12N2O/c1-13(2)11-5-6-12-10-4-3-8(14)7-9(10)11/h3-7,14H,1-2H3. The van der Waals surface area contributed by atoms with Crippen LogP contribution in [0.5, 0.6) is 5.75 Å². The van der Waals surface area contributed by atoms with Crippen molar-refractivity contribution in [2.75, 3.05) is 19.0 Å². The molecule has 1 N–H and O–H groups in total. The van der Waals surface area contributed by atoms with E-state index in [0.717, 1.165) is 16.6 Å². The van der Waals surface area contributed by atoms with E-state index in [4.69, 9.17) is 0 Å². The highest BCUT2D eigenvalue weighted by atomic mass is 16.3. The summed E-state index contributed by atoms with van der Waals surface area (Å²) in [5.41, 5.74) is 1.96. The third kappa shape index (κ3) is 1.37. The molecule has 2 rings (SSSR count). The highest BCUT2D eigenvalue weighted by Crippen LogP contribution is 2.26. The van der Waals surface area contributed by atoms with Crippen LogP contribution in [0.2, 0.25) is 0 Å². The molecule has 0 radical (unpaired) electrons. The first kappa shape index (κ1) is 8.81. The van der Waals surface area contributed by atoms with Gasteiger partial charge in [-0.25, -0.2) is 0 Å². The SMILES string of the molecule is CN(C)c1ccnc2ccc(O)cc12. The number of nitrogens with zero attached hydrogens (tertiary/aromatic N) is 2. The molecule has 3 heteroatoms. The van der Waals surface area contributed by atoms with E-state index in [2.05, 4.69) is 4.98 Å². The topological polar surface area (TPSA) is 36.4 Å². The number of aromatic nitrogens is 1. The van der Waals surface area contributed by atoms with Gasteiger partial charge in [0.15, 0.2) is 0 Å². The van der Waals surface area contributed by atoms with E-state index in [-0.39, 0.29) is 5.75 Å². The number of fused-ring (bicyclic) bond motifs is 1. The van der Waals surface area contributed by atoms with Crippen LogP contribution in [-0.2, 0) is 0 Å². The number of anilines is 1. The molecule has 0 saturated carbocycles. The summed E-state index contributed by atoms with van der Waals surface area (Å²) >= 11 is 0. The third-order valence-corrected chi connectivity index (χ3v) is 2.18. The summed E-state index contributed by atoms with van der Waals surface area (Å²) in [7, 11) is 3.94. The molecule has 0 aliphatic heterocycles. The number of rotatable bonds is 1. The number of hydrogen-bond donors (Lipinski definition) is 1. The maximum Gasteiger partial charge on any atom is 0.116 e. The zero-order valence-corrected chi connectivity index (χ0v) is 8.23. The number of pyridine rings is 1. The minimum Gasteiger partial charge on any atom is -0.508 e. The molecule has 0 bridgehead atoms. The third-order valence-electron chi connectivity index (χ3n) is 2.18. The summed E-state index contributed by atoms with van der Waals surface area (Å²) in [6.45, 7) is 0. The van der Waals surface area contributed by atoms with Crippen molar-refractivity contribution >= 4 is 16.6 Å². The van der Waals surface area contributed by atoms with Crippen LogP contribution in [0.3, 0.4) is 0 Å². The molecule has 72 valence electrons. The molecule has 0 unspecified atom stereocenters. The molecule has 0 aliphatic rings. The molecule has 1 heterocycles. The first-order valence-corrected chi connectivity index (χ1v) is 4.43. The summed E-state index contributed by atoms with van der Waals surface area (Å²) < 4.78 is 0. The van der Waals surface area contributed by atoms with Gasteiger partial charge in [-0.1, -0.05) is 0 Å². The van der Waals surface area contributed by atoms with E-state index in [9.17, 15) is 5.11 Å². The number of phenols is 1. The number of hydrogen-bond acceptors (Lipinski definition) is 3. The summed E-state index contributed by atoms with van der Waals surface area (Å²) in [5.74, 6) is 0.272. The fourth-order valence-electron chi connectivity index (χ4n) is 1.51. The molecule has 0 spiro atoms. The molecule has 2 aromatic rings. The quantitative estimate of drug-likeness (QED) is 0.743. The molecule has 0 aliphatic carbocycles. The van der Waals surface area contributed by atoms with Crippen molar-refractivity contribution in [1.82, 2.24) is 4.98 Å². The Morgan fingerprint density at radius 3 is 2.71 bits per heavy atom. The van der Waals surface area contributed by atoms with Gasteiger partial charge in [0.1, 0.15) is 5.75 Å². The minimum absolute atomic E-state index is 0.272. The van der Waals surface area contributed by atoms with Crippen molar-refractivity contribution < 1.29 is 5.11 Å². The highest BCUT2D eigenvalue weighted by Gasteiger charge is 2.03. The molecule has 0 fully saturated rings. The molecule has 1 aromatic heterocycles. The molecular weight excluding hydrogens is 176 g/mol. The lowest BCUT2D eigenvalue weighted by Crippen LogP contribution is -2.09. The van der Waals surface area contributed by atoms with Crippen molar-refractivity contribution in [3.05, 3.63) is 30.5 Å². The van der Waals surface area contributed by atoms with Crippen molar-refractivity contribution in [3.8, 4) is 5.75 Å². The lowest BCUT2D eigenvalue weighted by Gasteiger charge is -2.14. The van der Waals surface area contributed by atoms with Crippen LogP contribution in [0.15, 0.2) is 30.5 Å². The maximum absolute atomic E-state index is 9.39. The van der Waals surface area contributed by atoms with Gasteiger partial charge in [-0.2, -0.15) is 0 Å². The van der Waals surface area contributed by atoms with E-state index >= 15 is 0 Å². The molecular formula is C11H12N2O. The largest absolute Gasteiger partial charge is 0.508 e. The van der Waals surface area contributed by atoms with Gasteiger partial charge in [0.05, 0.1) is 5.52 Å². The molecule has 0 saturated heterocycles. The summed E-state index contributed by atoms with van der Waals surface area (Å²) in [5, 5.41) is 10.4. The van der Waals surface area contributed by atoms with Crippen molar-refractivity contribution in [2.24, 2.45) is 0 Å². The van der Waals surface area contributed by atoms with Gasteiger partial charge in [-0.05, 0) is 24.3 Å². The lowest BCUT2D eigenvalue weighted by atomic mass is 10.1. The molecule has 1 aromatic carbocycles. The van der Waals surface area contributed by atoms with Crippen molar-refractivity contribution in [2.45, 2.75) is 0 Å². The van der Waals surface area contributed by atoms with Crippen LogP contribution in [0.25, 0.3) is 10.9 Å². The van der Waals surface area contributed by atoms with Crippen LogP contribution in [0, 0.1) is 0 Å². The van der Waals surface area contributed by atoms with Crippen molar-refractivity contribution in [1.29, 1.82) is 0 Å². The zero-order valence-electron chi connectivity index (χ0n) is 8.23. The Kier molecular flexibility index (Phi) is 2.00. The van der Waals surface area contributed by atoms with Gasteiger partial charge < -0.3 is 10.0 Å². The zero-order chi connectivity index (χ0) is 10.1. The Morgan fingerprint density at radius 2 is 2.00 bits per heavy atom. The smallest absolute Gasteiger partial charge is 0.116 e. The van der Waals surface area contributed by atoms with Crippen LogP contribution >= 0.6 is 0 Å². The summed E-state index contributed by atoms with van der Waals surface area (Å²) in [6, 6.07) is 7.13. The van der Waals surface area contributed by atoms with Gasteiger partial charge in [0.2, 0.25) is 0 Å². The second-order valence-corrected chi connectivity index (χ2v) is 3.43. The van der Waals surface area contributed by atoms with Gasteiger partial charge >= 0.3 is 0 Å². The van der Waals surface area contributed by atoms with E-state index in [1.54, 1.807) is 18.3 Å². The minimum atomic E-state index is 0.272. The van der Waals surface area contributed by atoms with Crippen LogP contribution in [-0.4, -0.2) is 24.2 Å². The normalized spacial score (nSPS) is 10.4. The van der Waals surface area contributed by atoms with E-state index in [1.807, 2.05) is 31.1 Å². The first-order chi connectivity index (χ1) is 6.68. The van der Waals surface area contributed by atoms with Gasteiger partial charge in [0.25, 0.3) is 0 Å². The molecule has 3 nitrogen and oxygen atoms in total.